The molecule has 1 rings (SSSR count). The van der Waals surface area contributed by atoms with E-state index in [4.69, 9.17) is 5.11 Å². The van der Waals surface area contributed by atoms with Crippen LogP contribution in [0.2, 0.25) is 0 Å². The number of nitrogens with one attached hydrogen (secondary N) is 1. The summed E-state index contributed by atoms with van der Waals surface area (Å²) in [5, 5.41) is 11.3. The highest BCUT2D eigenvalue weighted by Gasteiger charge is 2.24. The molecular formula is C12H13BrFNO3. The van der Waals surface area contributed by atoms with Crippen LogP contribution in [0.4, 0.5) is 4.39 Å². The Balaban J connectivity index is 2.87. The molecule has 0 aliphatic carbocycles. The number of hydrogen-bond donors (Lipinski definition) is 2. The molecule has 0 aromatic heterocycles. The van der Waals surface area contributed by atoms with Crippen LogP contribution >= 0.6 is 15.9 Å². The first-order chi connectivity index (χ1) is 8.32. The van der Waals surface area contributed by atoms with Gasteiger partial charge in [-0.3, -0.25) is 4.79 Å². The van der Waals surface area contributed by atoms with Gasteiger partial charge in [0.15, 0.2) is 0 Å². The average molecular weight is 318 g/mol. The highest BCUT2D eigenvalue weighted by molar-refractivity contribution is 9.10. The number of benzene rings is 1. The van der Waals surface area contributed by atoms with Crippen LogP contribution in [0.15, 0.2) is 22.7 Å². The van der Waals surface area contributed by atoms with Crippen molar-refractivity contribution in [2.75, 3.05) is 0 Å². The Labute approximate surface area is 112 Å². The molecule has 4 nitrogen and oxygen atoms in total. The Hall–Kier alpha value is -1.43. The molecule has 1 unspecified atom stereocenters. The molecule has 0 radical (unpaired) electrons. The van der Waals surface area contributed by atoms with E-state index in [-0.39, 0.29) is 16.0 Å². The van der Waals surface area contributed by atoms with Gasteiger partial charge in [-0.25, -0.2) is 9.18 Å². The number of aliphatic carboxylic acids is 1. The number of carboxylic acid groups (broad SMARTS) is 1. The van der Waals surface area contributed by atoms with Crippen LogP contribution in [-0.4, -0.2) is 23.0 Å². The van der Waals surface area contributed by atoms with Gasteiger partial charge in [0.25, 0.3) is 5.91 Å². The molecule has 1 aromatic carbocycles. The van der Waals surface area contributed by atoms with Crippen LogP contribution in [0.25, 0.3) is 0 Å². The lowest BCUT2D eigenvalue weighted by Gasteiger charge is -2.17. The lowest BCUT2D eigenvalue weighted by molar-refractivity contribution is -0.140. The van der Waals surface area contributed by atoms with Gasteiger partial charge in [-0.15, -0.1) is 0 Å². The molecular weight excluding hydrogens is 305 g/mol. The standard InChI is InChI=1S/C12H13BrFNO3/c1-6(2)10(12(17)18)15-11(16)7-3-4-8(13)9(14)5-7/h3-6,10H,1-2H3,(H,15,16)(H,17,18). The number of carbonyl (C=O) groups excluding carboxylic acids is 1. The van der Waals surface area contributed by atoms with Gasteiger partial charge in [0.1, 0.15) is 11.9 Å². The fourth-order valence-corrected chi connectivity index (χ4v) is 1.62. The first-order valence-corrected chi connectivity index (χ1v) is 6.11. The van der Waals surface area contributed by atoms with Crippen molar-refractivity contribution in [3.05, 3.63) is 34.1 Å². The van der Waals surface area contributed by atoms with E-state index in [2.05, 4.69) is 21.2 Å². The van der Waals surface area contributed by atoms with Crippen molar-refractivity contribution in [3.8, 4) is 0 Å². The summed E-state index contributed by atoms with van der Waals surface area (Å²) in [6.45, 7) is 3.36. The third-order valence-electron chi connectivity index (χ3n) is 2.40. The normalized spacial score (nSPS) is 12.3. The number of hydrogen-bond acceptors (Lipinski definition) is 2. The summed E-state index contributed by atoms with van der Waals surface area (Å²) in [7, 11) is 0. The minimum absolute atomic E-state index is 0.0857. The summed E-state index contributed by atoms with van der Waals surface area (Å²) in [6.07, 6.45) is 0. The maximum atomic E-state index is 13.3. The van der Waals surface area contributed by atoms with Crippen molar-refractivity contribution in [2.24, 2.45) is 5.92 Å². The van der Waals surface area contributed by atoms with Gasteiger partial charge < -0.3 is 10.4 Å². The summed E-state index contributed by atoms with van der Waals surface area (Å²) >= 11 is 2.97. The first-order valence-electron chi connectivity index (χ1n) is 5.31. The van der Waals surface area contributed by atoms with Crippen LogP contribution in [-0.2, 0) is 4.79 Å². The predicted octanol–water partition coefficient (Wildman–Crippen LogP) is 2.43. The number of rotatable bonds is 4. The van der Waals surface area contributed by atoms with Gasteiger partial charge in [0.05, 0.1) is 4.47 Å². The zero-order chi connectivity index (χ0) is 13.9. The SMILES string of the molecule is CC(C)C(NC(=O)c1ccc(Br)c(F)c1)C(=O)O. The summed E-state index contributed by atoms with van der Waals surface area (Å²) in [5.41, 5.74) is 0.0857. The van der Waals surface area contributed by atoms with E-state index in [1.54, 1.807) is 13.8 Å². The van der Waals surface area contributed by atoms with E-state index in [1.165, 1.54) is 12.1 Å². The highest BCUT2D eigenvalue weighted by atomic mass is 79.9. The molecule has 6 heteroatoms. The van der Waals surface area contributed by atoms with E-state index < -0.39 is 23.7 Å². The van der Waals surface area contributed by atoms with Gasteiger partial charge in [-0.1, -0.05) is 13.8 Å². The van der Waals surface area contributed by atoms with E-state index in [0.717, 1.165) is 6.07 Å². The largest absolute Gasteiger partial charge is 0.480 e. The van der Waals surface area contributed by atoms with Gasteiger partial charge in [-0.05, 0) is 40.0 Å². The molecule has 0 spiro atoms. The lowest BCUT2D eigenvalue weighted by Crippen LogP contribution is -2.44. The van der Waals surface area contributed by atoms with E-state index >= 15 is 0 Å². The maximum Gasteiger partial charge on any atom is 0.326 e. The van der Waals surface area contributed by atoms with Gasteiger partial charge in [0, 0.05) is 5.56 Å². The molecule has 18 heavy (non-hydrogen) atoms. The van der Waals surface area contributed by atoms with E-state index in [9.17, 15) is 14.0 Å². The monoisotopic (exact) mass is 317 g/mol. The van der Waals surface area contributed by atoms with Crippen molar-refractivity contribution in [2.45, 2.75) is 19.9 Å². The average Bonchev–Trinajstić information content (AvgIpc) is 2.28. The smallest absolute Gasteiger partial charge is 0.326 e. The fourth-order valence-electron chi connectivity index (χ4n) is 1.38. The Kier molecular flexibility index (Phi) is 4.84. The quantitative estimate of drug-likeness (QED) is 0.896. The maximum absolute atomic E-state index is 13.3. The molecule has 0 heterocycles. The fraction of sp³-hybridized carbons (Fsp3) is 0.333. The molecule has 0 saturated carbocycles. The minimum atomic E-state index is -1.11. The Morgan fingerprint density at radius 2 is 2.00 bits per heavy atom. The van der Waals surface area contributed by atoms with Gasteiger partial charge in [-0.2, -0.15) is 0 Å². The first kappa shape index (κ1) is 14.6. The summed E-state index contributed by atoms with van der Waals surface area (Å²) < 4.78 is 13.5. The molecule has 0 saturated heterocycles. The van der Waals surface area contributed by atoms with Crippen LogP contribution < -0.4 is 5.32 Å². The Morgan fingerprint density at radius 3 is 2.44 bits per heavy atom. The lowest BCUT2D eigenvalue weighted by atomic mass is 10.0. The molecule has 0 bridgehead atoms. The van der Waals surface area contributed by atoms with Crippen LogP contribution in [0.5, 0.6) is 0 Å². The third kappa shape index (κ3) is 3.53. The molecule has 1 amide bonds. The molecule has 0 fully saturated rings. The zero-order valence-electron chi connectivity index (χ0n) is 9.91. The van der Waals surface area contributed by atoms with Gasteiger partial charge in [0.2, 0.25) is 0 Å². The molecule has 2 N–H and O–H groups in total. The predicted molar refractivity (Wildman–Crippen MR) is 67.8 cm³/mol. The number of carbonyl (C=O) groups is 2. The summed E-state index contributed by atoms with van der Waals surface area (Å²) in [4.78, 5) is 22.7. The molecule has 98 valence electrons. The number of carboxylic acids is 1. The number of halogens is 2. The van der Waals surface area contributed by atoms with Crippen molar-refractivity contribution in [1.82, 2.24) is 5.32 Å². The van der Waals surface area contributed by atoms with Crippen LogP contribution in [0.3, 0.4) is 0 Å². The van der Waals surface area contributed by atoms with Gasteiger partial charge >= 0.3 is 5.97 Å². The Bertz CT molecular complexity index is 476. The van der Waals surface area contributed by atoms with E-state index in [0.29, 0.717) is 0 Å². The second-order valence-electron chi connectivity index (χ2n) is 4.16. The van der Waals surface area contributed by atoms with Crippen LogP contribution in [0.1, 0.15) is 24.2 Å². The summed E-state index contributed by atoms with van der Waals surface area (Å²) in [5.74, 6) is -2.55. The molecule has 0 aliphatic rings. The second kappa shape index (κ2) is 5.95. The van der Waals surface area contributed by atoms with Crippen LogP contribution in [0, 0.1) is 11.7 Å². The molecule has 1 aromatic rings. The minimum Gasteiger partial charge on any atom is -0.480 e. The van der Waals surface area contributed by atoms with Crippen molar-refractivity contribution >= 4 is 27.8 Å². The Morgan fingerprint density at radius 1 is 1.39 bits per heavy atom. The molecule has 1 atom stereocenters. The highest BCUT2D eigenvalue weighted by Crippen LogP contribution is 2.16. The summed E-state index contributed by atoms with van der Waals surface area (Å²) in [6, 6.07) is 2.87. The zero-order valence-corrected chi connectivity index (χ0v) is 11.5. The van der Waals surface area contributed by atoms with Crippen molar-refractivity contribution < 1.29 is 19.1 Å². The molecule has 0 aliphatic heterocycles. The van der Waals surface area contributed by atoms with Crippen molar-refractivity contribution in [3.63, 3.8) is 0 Å². The second-order valence-corrected chi connectivity index (χ2v) is 5.02. The van der Waals surface area contributed by atoms with E-state index in [1.807, 2.05) is 0 Å². The third-order valence-corrected chi connectivity index (χ3v) is 3.04. The van der Waals surface area contributed by atoms with Crippen molar-refractivity contribution in [1.29, 1.82) is 0 Å². The topological polar surface area (TPSA) is 66.4 Å². The number of amides is 1.